The van der Waals surface area contributed by atoms with Crippen LogP contribution < -0.4 is 16.0 Å². The van der Waals surface area contributed by atoms with Crippen LogP contribution in [0.3, 0.4) is 0 Å². The Morgan fingerprint density at radius 3 is 2.23 bits per heavy atom. The Hall–Kier alpha value is -3.15. The van der Waals surface area contributed by atoms with Gasteiger partial charge in [-0.1, -0.05) is 45.0 Å². The largest absolute Gasteiger partial charge is 0.356 e. The van der Waals surface area contributed by atoms with Gasteiger partial charge in [-0.25, -0.2) is 0 Å². The molecule has 1 aliphatic rings. The van der Waals surface area contributed by atoms with E-state index in [1.165, 1.54) is 5.56 Å². The van der Waals surface area contributed by atoms with Gasteiger partial charge in [0.2, 0.25) is 11.7 Å². The minimum Gasteiger partial charge on any atom is -0.356 e. The molecule has 2 aromatic rings. The molecule has 1 atom stereocenters. The fourth-order valence-corrected chi connectivity index (χ4v) is 3.35. The summed E-state index contributed by atoms with van der Waals surface area (Å²) in [6.45, 7) is 7.34. The first kappa shape index (κ1) is 21.6. The zero-order chi connectivity index (χ0) is 21.7. The third-order valence-electron chi connectivity index (χ3n) is 5.83. The first-order valence-electron chi connectivity index (χ1n) is 10.4. The Morgan fingerprint density at radius 2 is 1.63 bits per heavy atom. The molecule has 6 nitrogen and oxygen atoms in total. The molecule has 1 heterocycles. The van der Waals surface area contributed by atoms with Crippen molar-refractivity contribution in [3.05, 3.63) is 59.7 Å². The number of carbonyl (C=O) groups excluding carboxylic acids is 3. The van der Waals surface area contributed by atoms with E-state index in [9.17, 15) is 14.4 Å². The van der Waals surface area contributed by atoms with Crippen LogP contribution in [0.25, 0.3) is 0 Å². The third kappa shape index (κ3) is 5.06. The number of anilines is 2. The molecule has 3 rings (SSSR count). The van der Waals surface area contributed by atoms with Gasteiger partial charge in [0.15, 0.2) is 0 Å². The fraction of sp³-hybridized carbons (Fsp3) is 0.375. The molecule has 2 amide bonds. The molecule has 0 aromatic heterocycles. The molecule has 3 N–H and O–H groups in total. The summed E-state index contributed by atoms with van der Waals surface area (Å²) in [5.74, 6) is -2.62. The molecular weight excluding hydrogens is 378 g/mol. The van der Waals surface area contributed by atoms with E-state index in [1.807, 2.05) is 24.3 Å². The molecule has 0 aliphatic carbocycles. The molecule has 0 bridgehead atoms. The fourth-order valence-electron chi connectivity index (χ4n) is 3.35. The van der Waals surface area contributed by atoms with E-state index in [-0.39, 0.29) is 5.41 Å². The summed E-state index contributed by atoms with van der Waals surface area (Å²) in [6.07, 6.45) is 1.42. The van der Waals surface area contributed by atoms with Gasteiger partial charge in [0, 0.05) is 24.5 Å². The number of hydrogen-bond acceptors (Lipinski definition) is 4. The molecule has 0 saturated carbocycles. The van der Waals surface area contributed by atoms with Crippen molar-refractivity contribution < 1.29 is 14.4 Å². The smallest absolute Gasteiger partial charge is 0.288 e. The molecular formula is C24H29N3O3. The molecule has 1 unspecified atom stereocenters. The van der Waals surface area contributed by atoms with Crippen molar-refractivity contribution in [1.29, 1.82) is 0 Å². The second kappa shape index (κ2) is 9.11. The van der Waals surface area contributed by atoms with E-state index in [0.717, 1.165) is 23.4 Å². The second-order valence-corrected chi connectivity index (χ2v) is 8.32. The van der Waals surface area contributed by atoms with Crippen molar-refractivity contribution in [1.82, 2.24) is 10.6 Å². The number of ketones is 1. The maximum absolute atomic E-state index is 12.2. The number of benzene rings is 2. The molecule has 0 radical (unpaired) electrons. The normalized spacial score (nSPS) is 16.7. The maximum atomic E-state index is 12.2. The molecule has 1 fully saturated rings. The number of piperidine rings is 1. The van der Waals surface area contributed by atoms with Crippen LogP contribution in [0.1, 0.15) is 44.7 Å². The average Bonchev–Trinajstić information content (AvgIpc) is 2.75. The predicted octanol–water partition coefficient (Wildman–Crippen LogP) is 3.44. The molecule has 0 spiro atoms. The first-order valence-corrected chi connectivity index (χ1v) is 10.4. The molecule has 2 aromatic carbocycles. The zero-order valence-corrected chi connectivity index (χ0v) is 17.7. The lowest BCUT2D eigenvalue weighted by atomic mass is 9.82. The molecule has 158 valence electrons. The van der Waals surface area contributed by atoms with Crippen LogP contribution in [-0.4, -0.2) is 24.1 Å². The first-order chi connectivity index (χ1) is 14.3. The summed E-state index contributed by atoms with van der Waals surface area (Å²) in [5, 5.41) is 8.59. The van der Waals surface area contributed by atoms with Crippen LogP contribution in [0.4, 0.5) is 11.4 Å². The topological polar surface area (TPSA) is 87.3 Å². The van der Waals surface area contributed by atoms with Gasteiger partial charge in [0.05, 0.1) is 0 Å². The third-order valence-corrected chi connectivity index (χ3v) is 5.83. The molecule has 6 heteroatoms. The molecule has 30 heavy (non-hydrogen) atoms. The van der Waals surface area contributed by atoms with Crippen molar-refractivity contribution in [3.63, 3.8) is 0 Å². The van der Waals surface area contributed by atoms with Gasteiger partial charge in [-0.3, -0.25) is 14.4 Å². The Bertz CT molecular complexity index is 918. The maximum Gasteiger partial charge on any atom is 0.288 e. The number of amides is 2. The highest BCUT2D eigenvalue weighted by Crippen LogP contribution is 2.28. The summed E-state index contributed by atoms with van der Waals surface area (Å²) in [6, 6.07) is 16.2. The van der Waals surface area contributed by atoms with E-state index in [0.29, 0.717) is 19.5 Å². The van der Waals surface area contributed by atoms with Gasteiger partial charge >= 0.3 is 0 Å². The van der Waals surface area contributed by atoms with Crippen molar-refractivity contribution >= 4 is 29.0 Å². The van der Waals surface area contributed by atoms with Crippen LogP contribution in [0.15, 0.2) is 48.5 Å². The van der Waals surface area contributed by atoms with Gasteiger partial charge in [0.1, 0.15) is 5.92 Å². The van der Waals surface area contributed by atoms with Gasteiger partial charge in [0.25, 0.3) is 5.91 Å². The Morgan fingerprint density at radius 1 is 1.03 bits per heavy atom. The van der Waals surface area contributed by atoms with Gasteiger partial charge < -0.3 is 16.0 Å². The van der Waals surface area contributed by atoms with E-state index >= 15 is 0 Å². The Kier molecular flexibility index (Phi) is 6.55. The van der Waals surface area contributed by atoms with Crippen molar-refractivity contribution in [2.45, 2.75) is 45.6 Å². The summed E-state index contributed by atoms with van der Waals surface area (Å²) in [7, 11) is 0. The lowest BCUT2D eigenvalue weighted by Crippen LogP contribution is -2.48. The second-order valence-electron chi connectivity index (χ2n) is 8.32. The van der Waals surface area contributed by atoms with Crippen LogP contribution >= 0.6 is 0 Å². The highest BCUT2D eigenvalue weighted by molar-refractivity contribution is 6.41. The van der Waals surface area contributed by atoms with Crippen LogP contribution in [0, 0.1) is 5.92 Å². The van der Waals surface area contributed by atoms with Crippen molar-refractivity contribution in [2.75, 3.05) is 11.9 Å². The van der Waals surface area contributed by atoms with Gasteiger partial charge in [-0.15, -0.1) is 0 Å². The average molecular weight is 408 g/mol. The quantitative estimate of drug-likeness (QED) is 0.485. The Labute approximate surface area is 177 Å². The van der Waals surface area contributed by atoms with E-state index in [1.54, 1.807) is 0 Å². The highest BCUT2D eigenvalue weighted by atomic mass is 16.2. The SMILES string of the molecule is CCC(C)(C)c1ccc(Nc2ccc(CNC(=O)C3CCNC(=O)C3=O)cc2)cc1. The predicted molar refractivity (Wildman–Crippen MR) is 117 cm³/mol. The number of carbonyl (C=O) groups is 3. The van der Waals surface area contributed by atoms with E-state index in [2.05, 4.69) is 61.0 Å². The summed E-state index contributed by atoms with van der Waals surface area (Å²) >= 11 is 0. The number of nitrogens with one attached hydrogen (secondary N) is 3. The van der Waals surface area contributed by atoms with Crippen molar-refractivity contribution in [2.24, 2.45) is 5.92 Å². The summed E-state index contributed by atoms with van der Waals surface area (Å²) < 4.78 is 0. The molecule has 1 saturated heterocycles. The number of rotatable bonds is 7. The van der Waals surface area contributed by atoms with E-state index < -0.39 is 23.5 Å². The Balaban J connectivity index is 1.54. The van der Waals surface area contributed by atoms with Gasteiger partial charge in [-0.2, -0.15) is 0 Å². The minimum absolute atomic E-state index is 0.163. The van der Waals surface area contributed by atoms with Crippen LogP contribution in [0.2, 0.25) is 0 Å². The standard InChI is InChI=1S/C24H29N3O3/c1-4-24(2,3)17-7-11-19(12-8-17)27-18-9-5-16(6-10-18)15-26-22(29)20-13-14-25-23(30)21(20)28/h5-12,20,27H,4,13-15H2,1-3H3,(H,25,30)(H,26,29). The highest BCUT2D eigenvalue weighted by Gasteiger charge is 2.34. The zero-order valence-electron chi connectivity index (χ0n) is 17.7. The molecule has 1 aliphatic heterocycles. The summed E-state index contributed by atoms with van der Waals surface area (Å²) in [5.41, 5.74) is 4.36. The summed E-state index contributed by atoms with van der Waals surface area (Å²) in [4.78, 5) is 35.4. The lowest BCUT2D eigenvalue weighted by Gasteiger charge is -2.23. The van der Waals surface area contributed by atoms with E-state index in [4.69, 9.17) is 0 Å². The minimum atomic E-state index is -0.889. The monoisotopic (exact) mass is 407 g/mol. The van der Waals surface area contributed by atoms with Gasteiger partial charge in [-0.05, 0) is 53.6 Å². The van der Waals surface area contributed by atoms with Crippen molar-refractivity contribution in [3.8, 4) is 0 Å². The van der Waals surface area contributed by atoms with Crippen LogP contribution in [0.5, 0.6) is 0 Å². The number of Topliss-reactive ketones (excluding diaryl/α,β-unsaturated/α-hetero) is 1. The lowest BCUT2D eigenvalue weighted by molar-refractivity contribution is -0.146. The number of hydrogen-bond donors (Lipinski definition) is 3. The van der Waals surface area contributed by atoms with Crippen LogP contribution in [-0.2, 0) is 26.3 Å².